The van der Waals surface area contributed by atoms with Gasteiger partial charge in [-0.3, -0.25) is 9.78 Å². The van der Waals surface area contributed by atoms with Crippen molar-refractivity contribution in [2.45, 2.75) is 77.9 Å². The van der Waals surface area contributed by atoms with E-state index in [1.807, 2.05) is 37.8 Å². The van der Waals surface area contributed by atoms with Crippen LogP contribution in [0.2, 0.25) is 5.02 Å². The third kappa shape index (κ3) is 6.99. The number of amides is 2. The standard InChI is InChI=1S/C35H38ClF2N3O3S/c1-5-22-8-9-24(23-14-16-39-17-15-23)18-25(22)20-40(26-10-6-21(7-11-26)19-41(34(43)44)35(2,3)4)33(42)32-30(36)29-27(37)12-13-28(38)31(29)45-32/h8-9,12-18,21,26H,5-7,10-11,19-20H2,1-4H3,(H,43,44). The van der Waals surface area contributed by atoms with Crippen LogP contribution in [0.25, 0.3) is 21.2 Å². The summed E-state index contributed by atoms with van der Waals surface area (Å²) >= 11 is 7.50. The number of rotatable bonds is 8. The number of benzene rings is 2. The van der Waals surface area contributed by atoms with Crippen LogP contribution in [0.4, 0.5) is 13.6 Å². The van der Waals surface area contributed by atoms with Crippen LogP contribution in [0.3, 0.4) is 0 Å². The topological polar surface area (TPSA) is 73.7 Å². The minimum absolute atomic E-state index is 0.0249. The molecule has 45 heavy (non-hydrogen) atoms. The van der Waals surface area contributed by atoms with Gasteiger partial charge in [0.05, 0.1) is 15.1 Å². The van der Waals surface area contributed by atoms with Crippen LogP contribution >= 0.6 is 22.9 Å². The second-order valence-electron chi connectivity index (χ2n) is 12.7. The monoisotopic (exact) mass is 653 g/mol. The van der Waals surface area contributed by atoms with Crippen LogP contribution in [0.5, 0.6) is 0 Å². The Morgan fingerprint density at radius 3 is 2.24 bits per heavy atom. The molecule has 6 nitrogen and oxygen atoms in total. The van der Waals surface area contributed by atoms with Crippen molar-refractivity contribution in [3.8, 4) is 11.1 Å². The summed E-state index contributed by atoms with van der Waals surface area (Å²) < 4.78 is 29.5. The van der Waals surface area contributed by atoms with E-state index in [-0.39, 0.29) is 37.9 Å². The minimum atomic E-state index is -0.943. The third-order valence-corrected chi connectivity index (χ3v) is 10.5. The molecule has 2 aromatic carbocycles. The SMILES string of the molecule is CCc1ccc(-c2ccncc2)cc1CN(C(=O)c1sc2c(F)ccc(F)c2c1Cl)C1CCC(CN(C(=O)O)C(C)(C)C)CC1. The van der Waals surface area contributed by atoms with Crippen LogP contribution in [0.1, 0.15) is 74.2 Å². The van der Waals surface area contributed by atoms with E-state index >= 15 is 0 Å². The van der Waals surface area contributed by atoms with Crippen molar-refractivity contribution in [2.24, 2.45) is 5.92 Å². The zero-order chi connectivity index (χ0) is 32.5. The summed E-state index contributed by atoms with van der Waals surface area (Å²) in [7, 11) is 0. The number of nitrogens with zero attached hydrogens (tertiary/aromatic N) is 3. The maximum absolute atomic E-state index is 14.8. The number of aromatic nitrogens is 1. The summed E-state index contributed by atoms with van der Waals surface area (Å²) in [5.74, 6) is -1.49. The van der Waals surface area contributed by atoms with Gasteiger partial charge >= 0.3 is 6.09 Å². The maximum Gasteiger partial charge on any atom is 0.407 e. The molecule has 238 valence electrons. The Labute approximate surface area is 271 Å². The second-order valence-corrected chi connectivity index (χ2v) is 14.1. The quantitative estimate of drug-likeness (QED) is 0.206. The van der Waals surface area contributed by atoms with Gasteiger partial charge in [0.1, 0.15) is 16.5 Å². The molecule has 0 aliphatic heterocycles. The predicted molar refractivity (Wildman–Crippen MR) is 176 cm³/mol. The van der Waals surface area contributed by atoms with Crippen LogP contribution in [0, 0.1) is 17.6 Å². The number of hydrogen-bond donors (Lipinski definition) is 1. The fourth-order valence-corrected chi connectivity index (χ4v) is 7.80. The van der Waals surface area contributed by atoms with Gasteiger partial charge in [0.25, 0.3) is 5.91 Å². The molecule has 0 radical (unpaired) electrons. The van der Waals surface area contributed by atoms with Gasteiger partial charge in [0.15, 0.2) is 0 Å². The van der Waals surface area contributed by atoms with Crippen LogP contribution in [-0.2, 0) is 13.0 Å². The second kappa shape index (κ2) is 13.4. The molecule has 2 aromatic heterocycles. The minimum Gasteiger partial charge on any atom is -0.465 e. The number of carboxylic acid groups (broad SMARTS) is 1. The Kier molecular flexibility index (Phi) is 9.80. The molecule has 0 bridgehead atoms. The summed E-state index contributed by atoms with van der Waals surface area (Å²) in [5.41, 5.74) is 3.57. The Bertz CT molecular complexity index is 1700. The molecule has 1 aliphatic rings. The van der Waals surface area contributed by atoms with Crippen LogP contribution in [-0.4, -0.2) is 50.0 Å². The number of halogens is 3. The van der Waals surface area contributed by atoms with Gasteiger partial charge in [0, 0.05) is 37.1 Å². The molecule has 1 saturated carbocycles. The summed E-state index contributed by atoms with van der Waals surface area (Å²) in [6, 6.07) is 12.0. The van der Waals surface area contributed by atoms with E-state index in [2.05, 4.69) is 30.1 Å². The Hall–Kier alpha value is -3.56. The molecule has 0 spiro atoms. The van der Waals surface area contributed by atoms with Gasteiger partial charge in [-0.2, -0.15) is 0 Å². The maximum atomic E-state index is 14.8. The van der Waals surface area contributed by atoms with Gasteiger partial charge in [0.2, 0.25) is 0 Å². The highest BCUT2D eigenvalue weighted by atomic mass is 35.5. The molecule has 1 fully saturated rings. The van der Waals surface area contributed by atoms with Crippen molar-refractivity contribution in [3.05, 3.63) is 87.5 Å². The lowest BCUT2D eigenvalue weighted by atomic mass is 9.84. The lowest BCUT2D eigenvalue weighted by molar-refractivity contribution is 0.0536. The van der Waals surface area contributed by atoms with Gasteiger partial charge in [-0.25, -0.2) is 13.6 Å². The molecule has 2 heterocycles. The fraction of sp³-hybridized carbons (Fsp3) is 0.400. The number of thiophene rings is 1. The van der Waals surface area contributed by atoms with Crippen molar-refractivity contribution in [3.63, 3.8) is 0 Å². The molecular formula is C35H38ClF2N3O3S. The lowest BCUT2D eigenvalue weighted by Gasteiger charge is -2.40. The lowest BCUT2D eigenvalue weighted by Crippen LogP contribution is -2.48. The third-order valence-electron chi connectivity index (χ3n) is 8.82. The fourth-order valence-electron chi connectivity index (χ4n) is 6.29. The van der Waals surface area contributed by atoms with E-state index in [1.54, 1.807) is 12.4 Å². The first kappa shape index (κ1) is 32.8. The van der Waals surface area contributed by atoms with Crippen molar-refractivity contribution in [1.29, 1.82) is 0 Å². The highest BCUT2D eigenvalue weighted by Crippen LogP contribution is 2.41. The van der Waals surface area contributed by atoms with Gasteiger partial charge in [-0.15, -0.1) is 11.3 Å². The molecule has 5 rings (SSSR count). The highest BCUT2D eigenvalue weighted by Gasteiger charge is 2.35. The first-order chi connectivity index (χ1) is 21.4. The Balaban J connectivity index is 1.49. The number of fused-ring (bicyclic) bond motifs is 1. The van der Waals surface area contributed by atoms with Crippen molar-refractivity contribution < 1.29 is 23.5 Å². The summed E-state index contributed by atoms with van der Waals surface area (Å²) in [6.07, 6.45) is 6.13. The molecular weight excluding hydrogens is 616 g/mol. The van der Waals surface area contributed by atoms with Crippen molar-refractivity contribution >= 4 is 45.0 Å². The largest absolute Gasteiger partial charge is 0.465 e. The van der Waals surface area contributed by atoms with Gasteiger partial charge in [-0.05, 0) is 111 Å². The summed E-state index contributed by atoms with van der Waals surface area (Å²) in [4.78, 5) is 33.9. The average Bonchev–Trinajstić information content (AvgIpc) is 3.38. The number of carbonyl (C=O) groups excluding carboxylic acids is 1. The van der Waals surface area contributed by atoms with Crippen LogP contribution in [0.15, 0.2) is 54.9 Å². The molecule has 0 saturated heterocycles. The normalized spacial score (nSPS) is 17.0. The van der Waals surface area contributed by atoms with E-state index < -0.39 is 23.3 Å². The molecule has 1 aliphatic carbocycles. The average molecular weight is 654 g/mol. The van der Waals surface area contributed by atoms with Crippen LogP contribution < -0.4 is 0 Å². The number of carbonyl (C=O) groups is 2. The zero-order valence-electron chi connectivity index (χ0n) is 25.9. The Morgan fingerprint density at radius 1 is 0.978 bits per heavy atom. The smallest absolute Gasteiger partial charge is 0.407 e. The number of aryl methyl sites for hydroxylation is 1. The Morgan fingerprint density at radius 2 is 1.64 bits per heavy atom. The number of pyridine rings is 1. The van der Waals surface area contributed by atoms with E-state index in [4.69, 9.17) is 11.6 Å². The van der Waals surface area contributed by atoms with Gasteiger partial charge in [-0.1, -0.05) is 30.7 Å². The van der Waals surface area contributed by atoms with E-state index in [9.17, 15) is 23.5 Å². The first-order valence-corrected chi connectivity index (χ1v) is 16.5. The molecule has 2 amide bonds. The van der Waals surface area contributed by atoms with Gasteiger partial charge < -0.3 is 14.9 Å². The molecule has 4 aromatic rings. The van der Waals surface area contributed by atoms with Crippen molar-refractivity contribution in [2.75, 3.05) is 6.54 Å². The highest BCUT2D eigenvalue weighted by molar-refractivity contribution is 7.21. The van der Waals surface area contributed by atoms with E-state index in [1.165, 1.54) is 4.90 Å². The molecule has 0 unspecified atom stereocenters. The summed E-state index contributed by atoms with van der Waals surface area (Å²) in [5, 5.41) is 9.69. The molecule has 10 heteroatoms. The zero-order valence-corrected chi connectivity index (χ0v) is 27.5. The van der Waals surface area contributed by atoms with E-state index in [0.29, 0.717) is 25.9 Å². The van der Waals surface area contributed by atoms with E-state index in [0.717, 1.165) is 65.0 Å². The first-order valence-electron chi connectivity index (χ1n) is 15.3. The van der Waals surface area contributed by atoms with Crippen molar-refractivity contribution in [1.82, 2.24) is 14.8 Å². The molecule has 0 atom stereocenters. The molecule has 1 N–H and O–H groups in total. The summed E-state index contributed by atoms with van der Waals surface area (Å²) in [6.45, 7) is 8.46. The number of hydrogen-bond acceptors (Lipinski definition) is 4. The predicted octanol–water partition coefficient (Wildman–Crippen LogP) is 9.44.